The monoisotopic (exact) mass is 226 g/mol. The number of pyridine rings is 1. The quantitative estimate of drug-likeness (QED) is 0.810. The van der Waals surface area contributed by atoms with E-state index in [1.807, 2.05) is 0 Å². The third-order valence-corrected chi connectivity index (χ3v) is 2.28. The van der Waals surface area contributed by atoms with Crippen LogP contribution in [0, 0.1) is 5.82 Å². The molecule has 0 aliphatic rings. The summed E-state index contributed by atoms with van der Waals surface area (Å²) in [6.07, 6.45) is -2.49. The van der Waals surface area contributed by atoms with E-state index in [0.717, 1.165) is 0 Å². The van der Waals surface area contributed by atoms with E-state index in [9.17, 15) is 21.6 Å². The standard InChI is InChI=1S/C6H5F3N2O2S/c7-3-1-4(6(8)9)11-2-5(3)14(10,12)13/h1-2,6H,(H2,10,12,13). The maximum atomic E-state index is 12.9. The smallest absolute Gasteiger partial charge is 0.254 e. The van der Waals surface area contributed by atoms with Crippen LogP contribution >= 0.6 is 0 Å². The van der Waals surface area contributed by atoms with Gasteiger partial charge in [0.2, 0.25) is 10.0 Å². The van der Waals surface area contributed by atoms with Gasteiger partial charge < -0.3 is 0 Å². The van der Waals surface area contributed by atoms with E-state index in [4.69, 9.17) is 0 Å². The van der Waals surface area contributed by atoms with E-state index < -0.39 is 32.9 Å². The molecular weight excluding hydrogens is 221 g/mol. The minimum atomic E-state index is -4.26. The Morgan fingerprint density at radius 3 is 2.36 bits per heavy atom. The lowest BCUT2D eigenvalue weighted by Gasteiger charge is -2.02. The molecule has 0 aliphatic carbocycles. The average molecular weight is 226 g/mol. The van der Waals surface area contributed by atoms with Crippen LogP contribution < -0.4 is 5.14 Å². The second-order valence-corrected chi connectivity index (χ2v) is 3.92. The minimum Gasteiger partial charge on any atom is -0.254 e. The number of primary sulfonamides is 1. The topological polar surface area (TPSA) is 73.1 Å². The van der Waals surface area contributed by atoms with Crippen LogP contribution in [0.3, 0.4) is 0 Å². The molecule has 8 heteroatoms. The fourth-order valence-electron chi connectivity index (χ4n) is 0.762. The molecule has 1 heterocycles. The zero-order valence-corrected chi connectivity index (χ0v) is 7.43. The third kappa shape index (κ3) is 2.20. The molecule has 0 saturated heterocycles. The number of aromatic nitrogens is 1. The molecule has 0 radical (unpaired) electrons. The lowest BCUT2D eigenvalue weighted by atomic mass is 10.3. The van der Waals surface area contributed by atoms with E-state index in [2.05, 4.69) is 10.1 Å². The first-order valence-corrected chi connectivity index (χ1v) is 4.83. The highest BCUT2D eigenvalue weighted by Crippen LogP contribution is 2.19. The first-order valence-electron chi connectivity index (χ1n) is 3.29. The summed E-state index contributed by atoms with van der Waals surface area (Å²) in [6.45, 7) is 0. The Kier molecular flexibility index (Phi) is 2.76. The molecule has 0 amide bonds. The van der Waals surface area contributed by atoms with Gasteiger partial charge in [-0.15, -0.1) is 0 Å². The van der Waals surface area contributed by atoms with E-state index in [1.165, 1.54) is 0 Å². The Hall–Kier alpha value is -1.15. The molecule has 0 saturated carbocycles. The van der Waals surface area contributed by atoms with Crippen molar-refractivity contribution < 1.29 is 21.6 Å². The highest BCUT2D eigenvalue weighted by Gasteiger charge is 2.18. The zero-order chi connectivity index (χ0) is 10.9. The van der Waals surface area contributed by atoms with Crippen molar-refractivity contribution in [3.05, 3.63) is 23.8 Å². The molecule has 14 heavy (non-hydrogen) atoms. The minimum absolute atomic E-state index is 0.338. The van der Waals surface area contributed by atoms with Crippen LogP contribution in [0.5, 0.6) is 0 Å². The Balaban J connectivity index is 3.28. The van der Waals surface area contributed by atoms with Crippen molar-refractivity contribution in [3.8, 4) is 0 Å². The van der Waals surface area contributed by atoms with Gasteiger partial charge in [0.05, 0.1) is 6.20 Å². The summed E-state index contributed by atoms with van der Waals surface area (Å²) in [5, 5.41) is 4.59. The van der Waals surface area contributed by atoms with Gasteiger partial charge in [-0.25, -0.2) is 26.7 Å². The van der Waals surface area contributed by atoms with Crippen molar-refractivity contribution in [2.45, 2.75) is 11.3 Å². The predicted molar refractivity (Wildman–Crippen MR) is 40.5 cm³/mol. The number of halogens is 3. The first-order chi connectivity index (χ1) is 6.32. The summed E-state index contributed by atoms with van der Waals surface area (Å²) in [4.78, 5) is 2.16. The van der Waals surface area contributed by atoms with E-state index in [0.29, 0.717) is 12.3 Å². The molecule has 1 aromatic rings. The summed E-state index contributed by atoms with van der Waals surface area (Å²) >= 11 is 0. The van der Waals surface area contributed by atoms with Crippen LogP contribution in [0.15, 0.2) is 17.2 Å². The molecule has 0 atom stereocenters. The number of rotatable bonds is 2. The zero-order valence-electron chi connectivity index (χ0n) is 6.62. The van der Waals surface area contributed by atoms with Gasteiger partial charge in [0, 0.05) is 6.07 Å². The highest BCUT2D eigenvalue weighted by molar-refractivity contribution is 7.89. The van der Waals surface area contributed by atoms with Crippen LogP contribution in [0.2, 0.25) is 0 Å². The van der Waals surface area contributed by atoms with Crippen molar-refractivity contribution >= 4 is 10.0 Å². The van der Waals surface area contributed by atoms with E-state index in [1.54, 1.807) is 0 Å². The van der Waals surface area contributed by atoms with Crippen molar-refractivity contribution in [2.24, 2.45) is 5.14 Å². The fraction of sp³-hybridized carbons (Fsp3) is 0.167. The largest absolute Gasteiger partial charge is 0.280 e. The second kappa shape index (κ2) is 3.54. The maximum absolute atomic E-state index is 12.9. The lowest BCUT2D eigenvalue weighted by molar-refractivity contribution is 0.145. The number of sulfonamides is 1. The summed E-state index contributed by atoms with van der Waals surface area (Å²) in [6, 6.07) is 0.338. The van der Waals surface area contributed by atoms with Gasteiger partial charge in [0.25, 0.3) is 6.43 Å². The molecule has 0 unspecified atom stereocenters. The van der Waals surface area contributed by atoms with E-state index >= 15 is 0 Å². The molecule has 0 spiro atoms. The molecular formula is C6H5F3N2O2S. The Labute approximate surface area is 77.6 Å². The summed E-state index contributed by atoms with van der Waals surface area (Å²) in [5.41, 5.74) is -0.838. The summed E-state index contributed by atoms with van der Waals surface area (Å²) in [7, 11) is -4.26. The normalized spacial score (nSPS) is 12.1. The maximum Gasteiger partial charge on any atom is 0.280 e. The van der Waals surface area contributed by atoms with Crippen molar-refractivity contribution in [2.75, 3.05) is 0 Å². The number of nitrogens with zero attached hydrogens (tertiary/aromatic N) is 1. The molecule has 1 rings (SSSR count). The molecule has 0 aliphatic heterocycles. The van der Waals surface area contributed by atoms with Crippen LogP contribution in [0.1, 0.15) is 12.1 Å². The van der Waals surface area contributed by atoms with Gasteiger partial charge >= 0.3 is 0 Å². The summed E-state index contributed by atoms with van der Waals surface area (Å²) in [5.74, 6) is -1.34. The van der Waals surface area contributed by atoms with Gasteiger partial charge in [0.15, 0.2) is 0 Å². The molecule has 0 fully saturated rings. The fourth-order valence-corrected chi connectivity index (χ4v) is 1.29. The predicted octanol–water partition coefficient (Wildman–Crippen LogP) is 0.806. The molecule has 4 nitrogen and oxygen atoms in total. The van der Waals surface area contributed by atoms with Crippen LogP contribution in [0.4, 0.5) is 13.2 Å². The van der Waals surface area contributed by atoms with Crippen molar-refractivity contribution in [1.82, 2.24) is 4.98 Å². The molecule has 2 N–H and O–H groups in total. The van der Waals surface area contributed by atoms with Crippen molar-refractivity contribution in [3.63, 3.8) is 0 Å². The number of hydrogen-bond acceptors (Lipinski definition) is 3. The highest BCUT2D eigenvalue weighted by atomic mass is 32.2. The molecule has 0 aromatic carbocycles. The Morgan fingerprint density at radius 2 is 2.00 bits per heavy atom. The van der Waals surface area contributed by atoms with Crippen LogP contribution in [-0.4, -0.2) is 13.4 Å². The second-order valence-electron chi connectivity index (χ2n) is 2.39. The molecule has 0 bridgehead atoms. The van der Waals surface area contributed by atoms with Gasteiger partial charge in [0.1, 0.15) is 16.4 Å². The third-order valence-electron chi connectivity index (χ3n) is 1.37. The van der Waals surface area contributed by atoms with Crippen LogP contribution in [-0.2, 0) is 10.0 Å². The number of nitrogens with two attached hydrogens (primary N) is 1. The number of hydrogen-bond donors (Lipinski definition) is 1. The van der Waals surface area contributed by atoms with Gasteiger partial charge in [-0.05, 0) is 0 Å². The van der Waals surface area contributed by atoms with Crippen LogP contribution in [0.25, 0.3) is 0 Å². The summed E-state index contributed by atoms with van der Waals surface area (Å²) < 4.78 is 58.1. The SMILES string of the molecule is NS(=O)(=O)c1cnc(C(F)F)cc1F. The van der Waals surface area contributed by atoms with Crippen molar-refractivity contribution in [1.29, 1.82) is 0 Å². The number of alkyl halides is 2. The lowest BCUT2D eigenvalue weighted by Crippen LogP contribution is -2.14. The molecule has 1 aromatic heterocycles. The average Bonchev–Trinajstić information content (AvgIpc) is 2.01. The van der Waals surface area contributed by atoms with Gasteiger partial charge in [-0.3, -0.25) is 4.98 Å². The Morgan fingerprint density at radius 1 is 1.43 bits per heavy atom. The Bertz CT molecular complexity index is 446. The van der Waals surface area contributed by atoms with Gasteiger partial charge in [-0.2, -0.15) is 0 Å². The first kappa shape index (κ1) is 10.9. The molecule has 78 valence electrons. The van der Waals surface area contributed by atoms with E-state index in [-0.39, 0.29) is 0 Å². The van der Waals surface area contributed by atoms with Gasteiger partial charge in [-0.1, -0.05) is 0 Å².